The first-order valence-corrected chi connectivity index (χ1v) is 10.0. The minimum Gasteiger partial charge on any atom is -0.484 e. The fourth-order valence-electron chi connectivity index (χ4n) is 2.51. The first kappa shape index (κ1) is 32.2. The standard InChI is InChI=1S/C20H11ClF13NO4/c21-11-4-6-13(7-5-11)37-9-14(36)35-12-3-1-2-10(8-12)15(22,23)17(26,27)38-18(28,29)16(24,25)19(30,31)39-20(32,33)34/h1-8H,9H2,(H,35,36). The Morgan fingerprint density at radius 2 is 1.28 bits per heavy atom. The van der Waals surface area contributed by atoms with E-state index in [1.165, 1.54) is 29.0 Å². The van der Waals surface area contributed by atoms with E-state index in [0.717, 1.165) is 6.07 Å². The lowest BCUT2D eigenvalue weighted by Gasteiger charge is -2.35. The largest absolute Gasteiger partial charge is 0.527 e. The summed E-state index contributed by atoms with van der Waals surface area (Å²) < 4.78 is 181. The summed E-state index contributed by atoms with van der Waals surface area (Å²) in [5.74, 6) is -14.5. The van der Waals surface area contributed by atoms with E-state index in [2.05, 4.69) is 0 Å². The maximum Gasteiger partial charge on any atom is 0.527 e. The van der Waals surface area contributed by atoms with Crippen LogP contribution < -0.4 is 10.1 Å². The van der Waals surface area contributed by atoms with Gasteiger partial charge < -0.3 is 10.1 Å². The molecule has 0 saturated heterocycles. The Bertz CT molecular complexity index is 1160. The molecule has 218 valence electrons. The number of rotatable bonds is 11. The van der Waals surface area contributed by atoms with E-state index < -0.39 is 60.3 Å². The third kappa shape index (κ3) is 7.57. The van der Waals surface area contributed by atoms with Gasteiger partial charge in [-0.1, -0.05) is 23.7 Å². The van der Waals surface area contributed by atoms with E-state index >= 15 is 0 Å². The van der Waals surface area contributed by atoms with Crippen molar-refractivity contribution in [3.05, 3.63) is 59.1 Å². The van der Waals surface area contributed by atoms with Crippen molar-refractivity contribution >= 4 is 23.2 Å². The molecular weight excluding hydrogens is 601 g/mol. The summed E-state index contributed by atoms with van der Waals surface area (Å²) in [6.45, 7) is -0.767. The average Bonchev–Trinajstić information content (AvgIpc) is 2.76. The molecule has 0 aliphatic rings. The van der Waals surface area contributed by atoms with Crippen molar-refractivity contribution in [2.24, 2.45) is 0 Å². The van der Waals surface area contributed by atoms with Gasteiger partial charge >= 0.3 is 36.5 Å². The predicted molar refractivity (Wildman–Crippen MR) is 104 cm³/mol. The molecule has 0 aliphatic heterocycles. The van der Waals surface area contributed by atoms with Crippen LogP contribution in [0.3, 0.4) is 0 Å². The number of benzene rings is 2. The zero-order chi connectivity index (χ0) is 30.1. The van der Waals surface area contributed by atoms with E-state index in [1.54, 1.807) is 0 Å². The number of ether oxygens (including phenoxy) is 3. The van der Waals surface area contributed by atoms with Crippen molar-refractivity contribution in [1.82, 2.24) is 0 Å². The molecule has 0 aromatic heterocycles. The van der Waals surface area contributed by atoms with Gasteiger partial charge in [-0.05, 0) is 36.4 Å². The Balaban J connectivity index is 2.21. The summed E-state index contributed by atoms with van der Waals surface area (Å²) in [7, 11) is 0. The molecule has 0 aliphatic carbocycles. The fraction of sp³-hybridized carbons (Fsp3) is 0.350. The van der Waals surface area contributed by atoms with Gasteiger partial charge in [-0.3, -0.25) is 4.79 Å². The number of hydrogen-bond acceptors (Lipinski definition) is 4. The highest BCUT2D eigenvalue weighted by Gasteiger charge is 2.80. The Morgan fingerprint density at radius 1 is 0.744 bits per heavy atom. The number of alkyl halides is 13. The van der Waals surface area contributed by atoms with Crippen molar-refractivity contribution in [3.63, 3.8) is 0 Å². The quantitative estimate of drug-likeness (QED) is 0.269. The van der Waals surface area contributed by atoms with Crippen LogP contribution in [-0.4, -0.2) is 43.1 Å². The maximum absolute atomic E-state index is 14.3. The zero-order valence-electron chi connectivity index (χ0n) is 18.3. The minimum absolute atomic E-state index is 0.0507. The summed E-state index contributed by atoms with van der Waals surface area (Å²) in [5, 5.41) is 2.22. The van der Waals surface area contributed by atoms with Gasteiger partial charge in [0.1, 0.15) is 5.75 Å². The van der Waals surface area contributed by atoms with E-state index in [0.29, 0.717) is 11.1 Å². The third-order valence-electron chi connectivity index (χ3n) is 4.29. The molecule has 2 aromatic carbocycles. The average molecular weight is 612 g/mol. The van der Waals surface area contributed by atoms with E-state index in [4.69, 9.17) is 16.3 Å². The predicted octanol–water partition coefficient (Wildman–Crippen LogP) is 7.42. The molecule has 0 atom stereocenters. The maximum atomic E-state index is 14.3. The lowest BCUT2D eigenvalue weighted by Crippen LogP contribution is -2.61. The van der Waals surface area contributed by atoms with E-state index in [9.17, 15) is 61.9 Å². The van der Waals surface area contributed by atoms with Crippen molar-refractivity contribution < 1.29 is 76.1 Å². The highest BCUT2D eigenvalue weighted by molar-refractivity contribution is 6.30. The molecule has 19 heteroatoms. The first-order valence-electron chi connectivity index (χ1n) is 9.66. The van der Waals surface area contributed by atoms with Crippen molar-refractivity contribution in [3.8, 4) is 5.75 Å². The number of amides is 1. The van der Waals surface area contributed by atoms with Crippen LogP contribution in [0.15, 0.2) is 48.5 Å². The number of anilines is 1. The SMILES string of the molecule is O=C(COc1ccc(Cl)cc1)Nc1cccc(C(F)(F)C(F)(F)OC(F)(F)C(F)(F)C(F)(F)OC(F)(F)F)c1. The van der Waals surface area contributed by atoms with E-state index in [1.807, 2.05) is 10.1 Å². The Labute approximate surface area is 213 Å². The topological polar surface area (TPSA) is 56.8 Å². The normalized spacial score (nSPS) is 13.8. The second kappa shape index (κ2) is 10.9. The Kier molecular flexibility index (Phi) is 8.99. The van der Waals surface area contributed by atoms with Crippen molar-refractivity contribution in [2.45, 2.75) is 36.5 Å². The molecular formula is C20H11ClF13NO4. The molecule has 0 radical (unpaired) electrons. The summed E-state index contributed by atoms with van der Waals surface area (Å²) in [5.41, 5.74) is -2.66. The number of halogens is 14. The van der Waals surface area contributed by atoms with Gasteiger partial charge in [0, 0.05) is 16.3 Å². The molecule has 2 rings (SSSR count). The van der Waals surface area contributed by atoms with Crippen LogP contribution in [0.1, 0.15) is 5.56 Å². The molecule has 39 heavy (non-hydrogen) atoms. The zero-order valence-corrected chi connectivity index (χ0v) is 19.0. The smallest absolute Gasteiger partial charge is 0.484 e. The summed E-state index contributed by atoms with van der Waals surface area (Å²) in [6.07, 6.45) is -28.0. The van der Waals surface area contributed by atoms with Gasteiger partial charge in [0.15, 0.2) is 6.61 Å². The molecule has 0 spiro atoms. The van der Waals surface area contributed by atoms with Gasteiger partial charge in [-0.15, -0.1) is 13.2 Å². The third-order valence-corrected chi connectivity index (χ3v) is 4.54. The molecule has 1 N–H and O–H groups in total. The summed E-state index contributed by atoms with van der Waals surface area (Å²) in [6, 6.07) is 7.00. The van der Waals surface area contributed by atoms with Gasteiger partial charge in [-0.25, -0.2) is 9.47 Å². The lowest BCUT2D eigenvalue weighted by molar-refractivity contribution is -0.535. The van der Waals surface area contributed by atoms with Crippen LogP contribution >= 0.6 is 11.6 Å². The molecule has 0 heterocycles. The summed E-state index contributed by atoms with van der Waals surface area (Å²) >= 11 is 5.65. The number of nitrogens with one attached hydrogen (secondary N) is 1. The summed E-state index contributed by atoms with van der Waals surface area (Å²) in [4.78, 5) is 11.9. The highest BCUT2D eigenvalue weighted by Crippen LogP contribution is 2.54. The van der Waals surface area contributed by atoms with Gasteiger partial charge in [-0.2, -0.15) is 43.9 Å². The van der Waals surface area contributed by atoms with Gasteiger partial charge in [0.25, 0.3) is 5.91 Å². The van der Waals surface area contributed by atoms with Crippen molar-refractivity contribution in [1.29, 1.82) is 0 Å². The molecule has 1 amide bonds. The van der Waals surface area contributed by atoms with Crippen LogP contribution in [0.25, 0.3) is 0 Å². The van der Waals surface area contributed by atoms with Crippen molar-refractivity contribution in [2.75, 3.05) is 11.9 Å². The molecule has 5 nitrogen and oxygen atoms in total. The Hall–Kier alpha value is -2.99. The second-order valence-electron chi connectivity index (χ2n) is 7.22. The molecule has 0 saturated carbocycles. The number of hydrogen-bond donors (Lipinski definition) is 1. The number of carbonyl (C=O) groups is 1. The van der Waals surface area contributed by atoms with Crippen LogP contribution in [0.5, 0.6) is 5.75 Å². The van der Waals surface area contributed by atoms with Crippen LogP contribution in [0, 0.1) is 0 Å². The van der Waals surface area contributed by atoms with Gasteiger partial charge in [0.2, 0.25) is 0 Å². The van der Waals surface area contributed by atoms with Gasteiger partial charge in [0.05, 0.1) is 0 Å². The highest BCUT2D eigenvalue weighted by atomic mass is 35.5. The fourth-order valence-corrected chi connectivity index (χ4v) is 2.63. The first-order chi connectivity index (χ1) is 17.5. The lowest BCUT2D eigenvalue weighted by atomic mass is 10.1. The number of carbonyl (C=O) groups excluding carboxylic acids is 1. The van der Waals surface area contributed by atoms with Crippen LogP contribution in [-0.2, 0) is 20.2 Å². The Morgan fingerprint density at radius 3 is 1.82 bits per heavy atom. The van der Waals surface area contributed by atoms with Crippen LogP contribution in [0.4, 0.5) is 62.8 Å². The molecule has 0 fully saturated rings. The molecule has 2 aromatic rings. The monoisotopic (exact) mass is 611 g/mol. The van der Waals surface area contributed by atoms with Crippen LogP contribution in [0.2, 0.25) is 5.02 Å². The second-order valence-corrected chi connectivity index (χ2v) is 7.66. The molecule has 0 unspecified atom stereocenters. The van der Waals surface area contributed by atoms with E-state index in [-0.39, 0.29) is 17.9 Å². The minimum atomic E-state index is -7.53. The molecule has 0 bridgehead atoms.